The smallest absolute Gasteiger partial charge is 0.119 e. The average molecular weight is 238 g/mol. The Kier molecular flexibility index (Phi) is 3.89. The summed E-state index contributed by atoms with van der Waals surface area (Å²) in [6.45, 7) is 0. The number of anilines is 2. The molecule has 2 atom stereocenters. The SMILES string of the molecule is Nc1ccccc1N[C@H](C(=O)[O-])[C@@H](O)C(=O)[O-]. The molecule has 0 saturated heterocycles. The van der Waals surface area contributed by atoms with Crippen molar-refractivity contribution >= 4 is 23.3 Å². The van der Waals surface area contributed by atoms with Crippen LogP contribution in [0.1, 0.15) is 0 Å². The van der Waals surface area contributed by atoms with E-state index in [1.54, 1.807) is 12.1 Å². The number of para-hydroxylation sites is 2. The molecule has 0 amide bonds. The summed E-state index contributed by atoms with van der Waals surface area (Å²) in [5.41, 5.74) is 5.92. The van der Waals surface area contributed by atoms with Gasteiger partial charge >= 0.3 is 0 Å². The van der Waals surface area contributed by atoms with Gasteiger partial charge in [0.1, 0.15) is 6.10 Å². The molecule has 0 aliphatic carbocycles. The standard InChI is InChI=1S/C10H12N2O5/c11-5-3-1-2-4-6(5)12-7(9(14)15)8(13)10(16)17/h1-4,7-8,12-13H,11H2,(H,14,15)(H,16,17)/p-2/t7-,8+/m0/s1. The van der Waals surface area contributed by atoms with Crippen LogP contribution in [0, 0.1) is 0 Å². The van der Waals surface area contributed by atoms with E-state index in [1.165, 1.54) is 12.1 Å². The lowest BCUT2D eigenvalue weighted by Gasteiger charge is -2.26. The number of nitrogen functional groups attached to an aromatic ring is 1. The Hall–Kier alpha value is -2.28. The van der Waals surface area contributed by atoms with Crippen molar-refractivity contribution in [2.45, 2.75) is 12.1 Å². The number of rotatable bonds is 5. The minimum absolute atomic E-state index is 0.182. The molecule has 0 bridgehead atoms. The number of aliphatic carboxylic acids is 2. The van der Waals surface area contributed by atoms with Crippen LogP contribution in [0.15, 0.2) is 24.3 Å². The third kappa shape index (κ3) is 3.08. The van der Waals surface area contributed by atoms with Crippen LogP contribution in [-0.4, -0.2) is 29.2 Å². The van der Waals surface area contributed by atoms with E-state index in [-0.39, 0.29) is 11.4 Å². The minimum atomic E-state index is -2.24. The summed E-state index contributed by atoms with van der Waals surface area (Å²) in [6.07, 6.45) is -2.24. The highest BCUT2D eigenvalue weighted by Crippen LogP contribution is 2.18. The van der Waals surface area contributed by atoms with E-state index in [1.807, 2.05) is 0 Å². The van der Waals surface area contributed by atoms with Crippen molar-refractivity contribution in [3.05, 3.63) is 24.3 Å². The second kappa shape index (κ2) is 5.17. The number of hydrogen-bond donors (Lipinski definition) is 3. The number of nitrogens with one attached hydrogen (secondary N) is 1. The summed E-state index contributed by atoms with van der Waals surface area (Å²) >= 11 is 0. The summed E-state index contributed by atoms with van der Waals surface area (Å²) in [7, 11) is 0. The maximum Gasteiger partial charge on any atom is 0.119 e. The van der Waals surface area contributed by atoms with E-state index >= 15 is 0 Å². The largest absolute Gasteiger partial charge is 0.548 e. The second-order valence-corrected chi connectivity index (χ2v) is 3.29. The number of aliphatic hydroxyl groups is 1. The molecule has 1 aromatic carbocycles. The first-order valence-electron chi connectivity index (χ1n) is 4.64. The van der Waals surface area contributed by atoms with Crippen LogP contribution in [0.25, 0.3) is 0 Å². The molecule has 7 heteroatoms. The summed E-state index contributed by atoms with van der Waals surface area (Å²) in [5, 5.41) is 32.5. The Morgan fingerprint density at radius 1 is 1.24 bits per heavy atom. The van der Waals surface area contributed by atoms with Crippen LogP contribution in [0.3, 0.4) is 0 Å². The average Bonchev–Trinajstić information content (AvgIpc) is 2.26. The maximum absolute atomic E-state index is 10.7. The number of carboxylic acid groups (broad SMARTS) is 2. The third-order valence-electron chi connectivity index (χ3n) is 2.08. The van der Waals surface area contributed by atoms with Crippen molar-refractivity contribution in [1.29, 1.82) is 0 Å². The van der Waals surface area contributed by atoms with Crippen LogP contribution in [-0.2, 0) is 9.59 Å². The van der Waals surface area contributed by atoms with Crippen LogP contribution in [0.2, 0.25) is 0 Å². The molecule has 7 nitrogen and oxygen atoms in total. The minimum Gasteiger partial charge on any atom is -0.548 e. The molecular formula is C10H10N2O5-2. The second-order valence-electron chi connectivity index (χ2n) is 3.29. The predicted molar refractivity (Wildman–Crippen MR) is 54.3 cm³/mol. The number of nitrogens with two attached hydrogens (primary N) is 1. The molecule has 0 heterocycles. The summed E-state index contributed by atoms with van der Waals surface area (Å²) < 4.78 is 0. The van der Waals surface area contributed by atoms with Gasteiger partial charge in [0.25, 0.3) is 0 Å². The first-order valence-corrected chi connectivity index (χ1v) is 4.64. The van der Waals surface area contributed by atoms with Gasteiger partial charge in [-0.1, -0.05) is 12.1 Å². The fourth-order valence-corrected chi connectivity index (χ4v) is 1.20. The zero-order valence-corrected chi connectivity index (χ0v) is 8.62. The zero-order chi connectivity index (χ0) is 13.0. The number of carbonyl (C=O) groups is 2. The molecule has 1 rings (SSSR count). The summed E-state index contributed by atoms with van der Waals surface area (Å²) in [6, 6.07) is 4.26. The fraction of sp³-hybridized carbons (Fsp3) is 0.200. The van der Waals surface area contributed by atoms with Crippen molar-refractivity contribution in [3.63, 3.8) is 0 Å². The van der Waals surface area contributed by atoms with Gasteiger partial charge in [-0.2, -0.15) is 0 Å². The van der Waals surface area contributed by atoms with Gasteiger partial charge in [-0.15, -0.1) is 0 Å². The van der Waals surface area contributed by atoms with E-state index in [9.17, 15) is 19.8 Å². The van der Waals surface area contributed by atoms with Crippen LogP contribution < -0.4 is 21.3 Å². The topological polar surface area (TPSA) is 139 Å². The van der Waals surface area contributed by atoms with Gasteiger partial charge in [0.2, 0.25) is 0 Å². The molecule has 92 valence electrons. The highest BCUT2D eigenvalue weighted by molar-refractivity contribution is 5.86. The normalized spacial score (nSPS) is 13.7. The lowest BCUT2D eigenvalue weighted by atomic mass is 10.1. The van der Waals surface area contributed by atoms with Gasteiger partial charge in [-0.05, 0) is 12.1 Å². The molecule has 1 aromatic rings. The number of carboxylic acids is 2. The monoisotopic (exact) mass is 238 g/mol. The molecule has 0 aliphatic heterocycles. The van der Waals surface area contributed by atoms with Crippen molar-refractivity contribution in [1.82, 2.24) is 0 Å². The van der Waals surface area contributed by atoms with Gasteiger partial charge < -0.3 is 36.0 Å². The van der Waals surface area contributed by atoms with E-state index < -0.39 is 24.1 Å². The van der Waals surface area contributed by atoms with Gasteiger partial charge in [0, 0.05) is 0 Å². The molecule has 0 saturated carbocycles. The third-order valence-corrected chi connectivity index (χ3v) is 2.08. The van der Waals surface area contributed by atoms with Gasteiger partial charge in [0.15, 0.2) is 0 Å². The Morgan fingerprint density at radius 3 is 2.29 bits per heavy atom. The van der Waals surface area contributed by atoms with Crippen LogP contribution in [0.5, 0.6) is 0 Å². The number of benzene rings is 1. The molecule has 0 spiro atoms. The fourth-order valence-electron chi connectivity index (χ4n) is 1.20. The van der Waals surface area contributed by atoms with Crippen molar-refractivity contribution in [2.75, 3.05) is 11.1 Å². The maximum atomic E-state index is 10.7. The Balaban J connectivity index is 2.92. The highest BCUT2D eigenvalue weighted by Gasteiger charge is 2.21. The number of aliphatic hydroxyl groups excluding tert-OH is 1. The summed E-state index contributed by atoms with van der Waals surface area (Å²) in [4.78, 5) is 21.1. The van der Waals surface area contributed by atoms with Crippen LogP contribution in [0.4, 0.5) is 11.4 Å². The number of hydrogen-bond acceptors (Lipinski definition) is 7. The molecule has 0 unspecified atom stereocenters. The molecule has 0 radical (unpaired) electrons. The molecule has 0 fully saturated rings. The Bertz CT molecular complexity index is 434. The Morgan fingerprint density at radius 2 is 1.82 bits per heavy atom. The summed E-state index contributed by atoms with van der Waals surface area (Å²) in [5.74, 6) is -3.69. The first kappa shape index (κ1) is 12.8. The van der Waals surface area contributed by atoms with E-state index in [2.05, 4.69) is 5.32 Å². The number of carbonyl (C=O) groups excluding carboxylic acids is 2. The van der Waals surface area contributed by atoms with E-state index in [4.69, 9.17) is 10.8 Å². The zero-order valence-electron chi connectivity index (χ0n) is 8.62. The van der Waals surface area contributed by atoms with E-state index in [0.29, 0.717) is 0 Å². The van der Waals surface area contributed by atoms with Gasteiger partial charge in [0.05, 0.1) is 29.4 Å². The lowest BCUT2D eigenvalue weighted by molar-refractivity contribution is -0.324. The lowest BCUT2D eigenvalue weighted by Crippen LogP contribution is -2.55. The predicted octanol–water partition coefficient (Wildman–Crippen LogP) is -3.09. The molecule has 17 heavy (non-hydrogen) atoms. The van der Waals surface area contributed by atoms with Gasteiger partial charge in [-0.25, -0.2) is 0 Å². The van der Waals surface area contributed by atoms with Crippen molar-refractivity contribution < 1.29 is 24.9 Å². The van der Waals surface area contributed by atoms with Crippen molar-refractivity contribution in [2.24, 2.45) is 0 Å². The molecule has 0 aromatic heterocycles. The van der Waals surface area contributed by atoms with Crippen LogP contribution >= 0.6 is 0 Å². The quantitative estimate of drug-likeness (QED) is 0.462. The molecule has 0 aliphatic rings. The molecular weight excluding hydrogens is 228 g/mol. The Labute approximate surface area is 96.5 Å². The van der Waals surface area contributed by atoms with E-state index in [0.717, 1.165) is 0 Å². The molecule has 4 N–H and O–H groups in total. The first-order chi connectivity index (χ1) is 7.93. The van der Waals surface area contributed by atoms with Crippen molar-refractivity contribution in [3.8, 4) is 0 Å². The van der Waals surface area contributed by atoms with Gasteiger partial charge in [-0.3, -0.25) is 0 Å². The highest BCUT2D eigenvalue weighted by atomic mass is 16.4.